The monoisotopic (exact) mass is 395 g/mol. The maximum absolute atomic E-state index is 12.1. The van der Waals surface area contributed by atoms with Gasteiger partial charge < -0.3 is 14.8 Å². The molecule has 0 aliphatic rings. The van der Waals surface area contributed by atoms with Crippen LogP contribution < -0.4 is 10.1 Å². The summed E-state index contributed by atoms with van der Waals surface area (Å²) in [5.74, 6) is -0.347. The number of thiophene rings is 1. The van der Waals surface area contributed by atoms with Crippen molar-refractivity contribution in [3.63, 3.8) is 0 Å². The maximum atomic E-state index is 12.1. The number of anilines is 1. The Bertz CT molecular complexity index is 818. The number of halogens is 1. The van der Waals surface area contributed by atoms with Crippen molar-refractivity contribution in [2.45, 2.75) is 19.8 Å². The molecule has 0 fully saturated rings. The first-order chi connectivity index (χ1) is 12.4. The second-order valence-electron chi connectivity index (χ2n) is 5.42. The molecule has 0 aliphatic carbocycles. The van der Waals surface area contributed by atoms with Crippen LogP contribution in [-0.2, 0) is 14.3 Å². The van der Waals surface area contributed by atoms with E-state index in [1.54, 1.807) is 37.3 Å². The van der Waals surface area contributed by atoms with Gasteiger partial charge in [-0.2, -0.15) is 0 Å². The molecular weight excluding hydrogens is 378 g/mol. The van der Waals surface area contributed by atoms with E-state index in [0.29, 0.717) is 20.7 Å². The van der Waals surface area contributed by atoms with Crippen molar-refractivity contribution in [1.29, 1.82) is 0 Å². The second kappa shape index (κ2) is 9.35. The average molecular weight is 396 g/mol. The van der Waals surface area contributed by atoms with Gasteiger partial charge in [-0.05, 0) is 42.8 Å². The first kappa shape index (κ1) is 19.9. The topological polar surface area (TPSA) is 81.7 Å². The molecule has 1 aromatic carbocycles. The molecule has 0 unspecified atom stereocenters. The van der Waals surface area contributed by atoms with Crippen LogP contribution in [0.25, 0.3) is 0 Å². The van der Waals surface area contributed by atoms with Crippen molar-refractivity contribution in [3.8, 4) is 5.75 Å². The zero-order valence-electron chi connectivity index (χ0n) is 14.3. The highest BCUT2D eigenvalue weighted by molar-refractivity contribution is 7.18. The summed E-state index contributed by atoms with van der Waals surface area (Å²) < 4.78 is 10.3. The molecule has 2 rings (SSSR count). The standard InChI is InChI=1S/C18H18ClNO5S/c1-11-9-12(25-10-18(23)24-2)3-4-13(11)20-17(22)8-5-14(21)15-6-7-16(19)26-15/h3-4,6-7,9H,5,8,10H2,1-2H3,(H,20,22). The van der Waals surface area contributed by atoms with E-state index in [1.807, 2.05) is 0 Å². The van der Waals surface area contributed by atoms with Crippen molar-refractivity contribution >= 4 is 46.3 Å². The molecule has 0 spiro atoms. The lowest BCUT2D eigenvalue weighted by Crippen LogP contribution is -2.14. The van der Waals surface area contributed by atoms with Gasteiger partial charge >= 0.3 is 5.97 Å². The van der Waals surface area contributed by atoms with E-state index in [0.717, 1.165) is 5.56 Å². The normalized spacial score (nSPS) is 10.3. The SMILES string of the molecule is COC(=O)COc1ccc(NC(=O)CCC(=O)c2ccc(Cl)s2)c(C)c1. The summed E-state index contributed by atoms with van der Waals surface area (Å²) in [6.45, 7) is 1.62. The van der Waals surface area contributed by atoms with E-state index in [9.17, 15) is 14.4 Å². The number of esters is 1. The van der Waals surface area contributed by atoms with E-state index in [1.165, 1.54) is 18.4 Å². The van der Waals surface area contributed by atoms with Crippen LogP contribution in [0.3, 0.4) is 0 Å². The molecule has 6 nitrogen and oxygen atoms in total. The molecule has 1 heterocycles. The Balaban J connectivity index is 1.86. The smallest absolute Gasteiger partial charge is 0.343 e. The molecule has 1 amide bonds. The van der Waals surface area contributed by atoms with E-state index >= 15 is 0 Å². The Morgan fingerprint density at radius 3 is 2.54 bits per heavy atom. The van der Waals surface area contributed by atoms with Gasteiger partial charge in [0.1, 0.15) is 5.75 Å². The molecule has 0 radical (unpaired) electrons. The lowest BCUT2D eigenvalue weighted by Gasteiger charge is -2.11. The van der Waals surface area contributed by atoms with Gasteiger partial charge in [-0.1, -0.05) is 11.6 Å². The van der Waals surface area contributed by atoms with Crippen molar-refractivity contribution in [2.75, 3.05) is 19.0 Å². The summed E-state index contributed by atoms with van der Waals surface area (Å²) >= 11 is 7.00. The van der Waals surface area contributed by atoms with Crippen molar-refractivity contribution in [1.82, 2.24) is 0 Å². The third kappa shape index (κ3) is 5.86. The third-order valence-electron chi connectivity index (χ3n) is 3.48. The molecule has 2 aromatic rings. The predicted octanol–water partition coefficient (Wildman–Crippen LogP) is 3.86. The van der Waals surface area contributed by atoms with Gasteiger partial charge in [-0.3, -0.25) is 9.59 Å². The summed E-state index contributed by atoms with van der Waals surface area (Å²) in [5.41, 5.74) is 1.39. The van der Waals surface area contributed by atoms with Gasteiger partial charge in [-0.15, -0.1) is 11.3 Å². The minimum absolute atomic E-state index is 0.0778. The third-order valence-corrected chi connectivity index (χ3v) is 4.76. The van der Waals surface area contributed by atoms with Crippen LogP contribution >= 0.6 is 22.9 Å². The Morgan fingerprint density at radius 1 is 1.15 bits per heavy atom. The minimum Gasteiger partial charge on any atom is -0.482 e. The highest BCUT2D eigenvalue weighted by atomic mass is 35.5. The van der Waals surface area contributed by atoms with Gasteiger partial charge in [0.25, 0.3) is 0 Å². The molecule has 0 atom stereocenters. The van der Waals surface area contributed by atoms with Crippen LogP contribution in [0, 0.1) is 6.92 Å². The number of Topliss-reactive ketones (excluding diaryl/α,β-unsaturated/α-hetero) is 1. The summed E-state index contributed by atoms with van der Waals surface area (Å²) in [7, 11) is 1.29. The molecule has 0 saturated carbocycles. The van der Waals surface area contributed by atoms with Gasteiger partial charge in [0.2, 0.25) is 5.91 Å². The van der Waals surface area contributed by atoms with E-state index in [2.05, 4.69) is 10.1 Å². The Kier molecular flexibility index (Phi) is 7.17. The zero-order valence-corrected chi connectivity index (χ0v) is 15.9. The fourth-order valence-corrected chi connectivity index (χ4v) is 3.10. The van der Waals surface area contributed by atoms with Gasteiger partial charge in [0.15, 0.2) is 12.4 Å². The summed E-state index contributed by atoms with van der Waals surface area (Å²) in [6, 6.07) is 8.35. The van der Waals surface area contributed by atoms with E-state index in [4.69, 9.17) is 16.3 Å². The summed E-state index contributed by atoms with van der Waals surface area (Å²) in [6.07, 6.45) is 0.191. The fourth-order valence-electron chi connectivity index (χ4n) is 2.09. The van der Waals surface area contributed by atoms with E-state index < -0.39 is 5.97 Å². The van der Waals surface area contributed by atoms with Crippen LogP contribution in [0.15, 0.2) is 30.3 Å². The Hall–Kier alpha value is -2.38. The molecule has 0 aliphatic heterocycles. The van der Waals surface area contributed by atoms with Gasteiger partial charge in [0.05, 0.1) is 16.3 Å². The first-order valence-corrected chi connectivity index (χ1v) is 8.97. The van der Waals surface area contributed by atoms with Gasteiger partial charge in [0, 0.05) is 18.5 Å². The molecular formula is C18H18ClNO5S. The largest absolute Gasteiger partial charge is 0.482 e. The first-order valence-electron chi connectivity index (χ1n) is 7.77. The molecule has 8 heteroatoms. The number of ketones is 1. The number of benzene rings is 1. The van der Waals surface area contributed by atoms with Crippen LogP contribution in [0.4, 0.5) is 5.69 Å². The minimum atomic E-state index is -0.475. The van der Waals surface area contributed by atoms with Crippen molar-refractivity contribution in [3.05, 3.63) is 45.1 Å². The highest BCUT2D eigenvalue weighted by Crippen LogP contribution is 2.24. The Morgan fingerprint density at radius 2 is 1.92 bits per heavy atom. The maximum Gasteiger partial charge on any atom is 0.343 e. The summed E-state index contributed by atoms with van der Waals surface area (Å²) in [4.78, 5) is 35.7. The number of hydrogen-bond acceptors (Lipinski definition) is 6. The zero-order chi connectivity index (χ0) is 19.1. The number of nitrogens with one attached hydrogen (secondary N) is 1. The van der Waals surface area contributed by atoms with Crippen LogP contribution in [0.1, 0.15) is 28.1 Å². The quantitative estimate of drug-likeness (QED) is 0.542. The predicted molar refractivity (Wildman–Crippen MR) is 100 cm³/mol. The fraction of sp³-hybridized carbons (Fsp3) is 0.278. The Labute approximate surface area is 160 Å². The second-order valence-corrected chi connectivity index (χ2v) is 7.13. The van der Waals surface area contributed by atoms with Crippen molar-refractivity contribution < 1.29 is 23.9 Å². The molecule has 26 heavy (non-hydrogen) atoms. The van der Waals surface area contributed by atoms with E-state index in [-0.39, 0.29) is 31.1 Å². The lowest BCUT2D eigenvalue weighted by atomic mass is 10.1. The number of rotatable bonds is 8. The average Bonchev–Trinajstić information content (AvgIpc) is 3.06. The number of hydrogen-bond donors (Lipinski definition) is 1. The van der Waals surface area contributed by atoms with Crippen LogP contribution in [-0.4, -0.2) is 31.4 Å². The van der Waals surface area contributed by atoms with Crippen molar-refractivity contribution in [2.24, 2.45) is 0 Å². The number of amides is 1. The number of carbonyl (C=O) groups excluding carboxylic acids is 3. The molecule has 138 valence electrons. The highest BCUT2D eigenvalue weighted by Gasteiger charge is 2.12. The number of methoxy groups -OCH3 is 1. The molecule has 0 saturated heterocycles. The summed E-state index contributed by atoms with van der Waals surface area (Å²) in [5, 5.41) is 2.76. The number of carbonyl (C=O) groups is 3. The molecule has 1 N–H and O–H groups in total. The van der Waals surface area contributed by atoms with Gasteiger partial charge in [-0.25, -0.2) is 4.79 Å². The molecule has 0 bridgehead atoms. The molecule has 1 aromatic heterocycles. The number of ether oxygens (including phenoxy) is 2. The lowest BCUT2D eigenvalue weighted by molar-refractivity contribution is -0.142. The van der Waals surface area contributed by atoms with Crippen LogP contribution in [0.2, 0.25) is 4.34 Å². The van der Waals surface area contributed by atoms with Crippen LogP contribution in [0.5, 0.6) is 5.75 Å². The number of aryl methyl sites for hydroxylation is 1.